The van der Waals surface area contributed by atoms with Crippen LogP contribution in [-0.4, -0.2) is 12.4 Å². The van der Waals surface area contributed by atoms with Crippen LogP contribution in [0.5, 0.6) is 0 Å². The van der Waals surface area contributed by atoms with Crippen molar-refractivity contribution in [1.29, 1.82) is 0 Å². The first-order chi connectivity index (χ1) is 52.0. The summed E-state index contributed by atoms with van der Waals surface area (Å²) in [6, 6.07) is 77.1. The quantitative estimate of drug-likeness (QED) is 0.121. The molecule has 0 unspecified atom stereocenters. The average molecular weight is 1550 g/mol. The molecule has 15 aromatic rings. The summed E-state index contributed by atoms with van der Waals surface area (Å²) in [6.45, 7) is 51.0. The van der Waals surface area contributed by atoms with Crippen LogP contribution in [0, 0.1) is 19.3 Å². The molecule has 16 rings (SSSR count). The van der Waals surface area contributed by atoms with E-state index in [4.69, 9.17) is 8.83 Å². The molecule has 11 aromatic carbocycles. The first-order valence-corrected chi connectivity index (χ1v) is 41.1. The van der Waals surface area contributed by atoms with Gasteiger partial charge >= 0.3 is 12.4 Å². The van der Waals surface area contributed by atoms with Gasteiger partial charge in [0.1, 0.15) is 22.7 Å². The Morgan fingerprint density at radius 2 is 0.670 bits per heavy atom. The fraction of sp³-hybridized carbons (Fsp3) is 0.373. The van der Waals surface area contributed by atoms with Crippen LogP contribution in [-0.2, 0) is 37.9 Å². The first kappa shape index (κ1) is 84.2. The van der Waals surface area contributed by atoms with E-state index in [0.717, 1.165) is 50.1 Å². The molecule has 4 aromatic heterocycles. The predicted molar refractivity (Wildman–Crippen MR) is 473 cm³/mol. The summed E-state index contributed by atoms with van der Waals surface area (Å²) < 4.78 is 95.0. The van der Waals surface area contributed by atoms with Crippen molar-refractivity contribution in [3.63, 3.8) is 0 Å². The van der Waals surface area contributed by atoms with Crippen molar-refractivity contribution in [2.24, 2.45) is 5.41 Å². The van der Waals surface area contributed by atoms with Gasteiger partial charge in [-0.15, -0.1) is 22.7 Å². The standard InChI is InChI=1S/C23H26F6.C23H28.C16H16O.C16H16S.C12H14O.C12H14S/c1-14-16-7-5-6-8-17(16)18(13-19(14)20(2,3)4)15-9-11-21(12-10-15,22(24,25)26)23(27,28)29;1-15-18-12-16-10-8-9-11-17(16)13-19(18)21(23(5,6)7)14-20(15)22(2,3)4;2*1-16(2,3)15-10-13-8-11-6-4-5-7-12(11)9-14(13)17-15;2*1-12(2,3)11-8-9-6-4-5-7-10(9)13-11/h5-8,13,15H,9-12H2,1-4H3;8-14H,1-7H3;2*4-10H,1-3H3;2*4-8H,1-3H3. The summed E-state index contributed by atoms with van der Waals surface area (Å²) in [4.78, 5) is 2.93. The molecule has 0 N–H and O–H groups in total. The summed E-state index contributed by atoms with van der Waals surface area (Å²) in [5.74, 6) is 1.77. The topological polar surface area (TPSA) is 26.3 Å². The zero-order valence-corrected chi connectivity index (χ0v) is 71.7. The number of aryl methyl sites for hydroxylation is 2. The number of rotatable bonds is 1. The minimum Gasteiger partial charge on any atom is -0.461 e. The number of para-hydroxylation sites is 1. The third-order valence-corrected chi connectivity index (χ3v) is 25.0. The second kappa shape index (κ2) is 31.6. The van der Waals surface area contributed by atoms with Crippen molar-refractivity contribution in [2.45, 2.75) is 241 Å². The van der Waals surface area contributed by atoms with E-state index >= 15 is 0 Å². The number of halogens is 6. The summed E-state index contributed by atoms with van der Waals surface area (Å²) in [6.07, 6.45) is -12.7. The maximum atomic E-state index is 13.4. The van der Waals surface area contributed by atoms with Gasteiger partial charge in [-0.05, 0) is 243 Å². The molecule has 4 heterocycles. The molecule has 1 aliphatic rings. The van der Waals surface area contributed by atoms with E-state index in [9.17, 15) is 26.3 Å². The molecule has 588 valence electrons. The Balaban J connectivity index is 0.000000136. The Kier molecular flexibility index (Phi) is 23.8. The average Bonchev–Trinajstić information content (AvgIpc) is 1.03. The Labute approximate surface area is 669 Å². The van der Waals surface area contributed by atoms with E-state index in [-0.39, 0.29) is 56.7 Å². The molecule has 0 bridgehead atoms. The molecular weight excluding hydrogens is 1440 g/mol. The molecule has 1 saturated carbocycles. The van der Waals surface area contributed by atoms with E-state index in [1.54, 1.807) is 0 Å². The van der Waals surface area contributed by atoms with Crippen molar-refractivity contribution in [3.8, 4) is 0 Å². The minimum absolute atomic E-state index is 0.0607. The molecule has 10 heteroatoms. The van der Waals surface area contributed by atoms with Crippen LogP contribution in [0.25, 0.3) is 96.0 Å². The molecule has 1 aliphatic carbocycles. The van der Waals surface area contributed by atoms with E-state index in [1.165, 1.54) is 100 Å². The van der Waals surface area contributed by atoms with Crippen molar-refractivity contribution in [2.75, 3.05) is 0 Å². The number of hydrogen-bond acceptors (Lipinski definition) is 4. The van der Waals surface area contributed by atoms with Gasteiger partial charge < -0.3 is 8.83 Å². The summed E-state index contributed by atoms with van der Waals surface area (Å²) in [7, 11) is 0. The lowest BCUT2D eigenvalue weighted by Crippen LogP contribution is -2.51. The van der Waals surface area contributed by atoms with Crippen LogP contribution >= 0.6 is 22.7 Å². The van der Waals surface area contributed by atoms with E-state index < -0.39 is 30.6 Å². The largest absolute Gasteiger partial charge is 0.461 e. The van der Waals surface area contributed by atoms with Crippen LogP contribution < -0.4 is 0 Å². The highest BCUT2D eigenvalue weighted by atomic mass is 32.1. The van der Waals surface area contributed by atoms with E-state index in [2.05, 4.69) is 322 Å². The van der Waals surface area contributed by atoms with Gasteiger partial charge in [-0.25, -0.2) is 0 Å². The normalized spacial score (nSPS) is 14.2. The van der Waals surface area contributed by atoms with Crippen LogP contribution in [0.1, 0.15) is 232 Å². The highest BCUT2D eigenvalue weighted by Crippen LogP contribution is 2.61. The highest BCUT2D eigenvalue weighted by Gasteiger charge is 2.70. The maximum absolute atomic E-state index is 13.4. The van der Waals surface area contributed by atoms with Gasteiger partial charge in [-0.2, -0.15) is 26.3 Å². The number of furan rings is 2. The summed E-state index contributed by atoms with van der Waals surface area (Å²) in [5, 5.41) is 17.7. The van der Waals surface area contributed by atoms with E-state index in [1.807, 2.05) is 78.1 Å². The fourth-order valence-electron chi connectivity index (χ4n) is 15.4. The van der Waals surface area contributed by atoms with E-state index in [0.29, 0.717) is 0 Å². The lowest BCUT2D eigenvalue weighted by molar-refractivity contribution is -0.350. The monoisotopic (exact) mass is 1550 g/mol. The van der Waals surface area contributed by atoms with Crippen molar-refractivity contribution in [3.05, 3.63) is 273 Å². The van der Waals surface area contributed by atoms with Gasteiger partial charge in [-0.3, -0.25) is 0 Å². The molecule has 0 amide bonds. The number of hydrogen-bond donors (Lipinski definition) is 0. The fourth-order valence-corrected chi connectivity index (χ4v) is 17.6. The van der Waals surface area contributed by atoms with Gasteiger partial charge in [0.05, 0.1) is 0 Å². The third-order valence-electron chi connectivity index (χ3n) is 22.0. The van der Waals surface area contributed by atoms with Gasteiger partial charge in [0.25, 0.3) is 0 Å². The molecule has 0 atom stereocenters. The zero-order valence-electron chi connectivity index (χ0n) is 70.1. The Bertz CT molecular complexity index is 5430. The molecule has 0 aliphatic heterocycles. The smallest absolute Gasteiger partial charge is 0.403 e. The summed E-state index contributed by atoms with van der Waals surface area (Å²) >= 11 is 3.82. The lowest BCUT2D eigenvalue weighted by atomic mass is 9.66. The minimum atomic E-state index is -5.29. The number of fused-ring (bicyclic) bond motifs is 9. The first-order valence-electron chi connectivity index (χ1n) is 39.5. The Morgan fingerprint density at radius 1 is 0.295 bits per heavy atom. The highest BCUT2D eigenvalue weighted by molar-refractivity contribution is 7.19. The number of benzene rings is 11. The molecule has 1 fully saturated rings. The van der Waals surface area contributed by atoms with Gasteiger partial charge in [-0.1, -0.05) is 291 Å². The third kappa shape index (κ3) is 18.7. The molecule has 0 spiro atoms. The SMILES string of the molecule is CC(C)(C)c1cc2cc3ccccc3cc2o1.CC(C)(C)c1cc2cc3ccccc3cc2s1.CC(C)(C)c1cc2ccccc2o1.CC(C)(C)c1cc2ccccc2s1.Cc1c(C(C)(C)C)cc(C(C)(C)C)c2cc3ccccc3cc12.Cc1c(C(C)(C)C)cc(C2CCC(C(F)(F)F)(C(F)(F)F)CC2)c2ccccc12. The van der Waals surface area contributed by atoms with Gasteiger partial charge in [0.2, 0.25) is 0 Å². The molecule has 2 nitrogen and oxygen atoms in total. The molecule has 112 heavy (non-hydrogen) atoms. The van der Waals surface area contributed by atoms with Crippen LogP contribution in [0.2, 0.25) is 0 Å². The zero-order chi connectivity index (χ0) is 81.9. The summed E-state index contributed by atoms with van der Waals surface area (Å²) in [5.41, 5.74) is 6.55. The molecule has 0 radical (unpaired) electrons. The van der Waals surface area contributed by atoms with Crippen molar-refractivity contribution >= 4 is 119 Å². The Hall–Kier alpha value is -8.70. The second-order valence-electron chi connectivity index (χ2n) is 38.1. The number of thiophene rings is 2. The van der Waals surface area contributed by atoms with Gasteiger partial charge in [0.15, 0.2) is 5.41 Å². The van der Waals surface area contributed by atoms with Crippen LogP contribution in [0.4, 0.5) is 26.3 Å². The van der Waals surface area contributed by atoms with Crippen LogP contribution in [0.15, 0.2) is 227 Å². The van der Waals surface area contributed by atoms with Crippen molar-refractivity contribution in [1.82, 2.24) is 0 Å². The lowest BCUT2D eigenvalue weighted by Gasteiger charge is -2.42. The molecule has 0 saturated heterocycles. The number of alkyl halides is 6. The maximum Gasteiger partial charge on any atom is 0.403 e. The Morgan fingerprint density at radius 3 is 1.14 bits per heavy atom. The second-order valence-corrected chi connectivity index (χ2v) is 40.3. The molecular formula is C102H114F6O2S2. The predicted octanol–water partition coefficient (Wildman–Crippen LogP) is 33.3. The van der Waals surface area contributed by atoms with Gasteiger partial charge in [0, 0.05) is 40.8 Å². The van der Waals surface area contributed by atoms with Crippen molar-refractivity contribution < 1.29 is 35.2 Å². The van der Waals surface area contributed by atoms with Crippen LogP contribution in [0.3, 0.4) is 0 Å².